The average molecular weight is 368 g/mol. The fourth-order valence-electron chi connectivity index (χ4n) is 2.33. The van der Waals surface area contributed by atoms with Gasteiger partial charge in [0, 0.05) is 38.0 Å². The number of guanidine groups is 1. The van der Waals surface area contributed by atoms with Crippen molar-refractivity contribution >= 4 is 5.96 Å². The maximum Gasteiger partial charge on any atom is 0.213 e. The van der Waals surface area contributed by atoms with Gasteiger partial charge in [-0.1, -0.05) is 43.8 Å². The molecule has 2 rings (SSSR count). The van der Waals surface area contributed by atoms with Crippen molar-refractivity contribution in [2.45, 2.75) is 26.4 Å². The monoisotopic (exact) mass is 368 g/mol. The van der Waals surface area contributed by atoms with E-state index >= 15 is 0 Å². The van der Waals surface area contributed by atoms with E-state index in [0.29, 0.717) is 38.1 Å². The highest BCUT2D eigenvalue weighted by Crippen LogP contribution is 2.17. The molecule has 6 heteroatoms. The molecule has 0 aliphatic carbocycles. The quantitative estimate of drug-likeness (QED) is 0.383. The molecule has 1 aromatic heterocycles. The Kier molecular flexibility index (Phi) is 8.69. The first kappa shape index (κ1) is 20.3. The molecule has 0 aliphatic heterocycles. The summed E-state index contributed by atoms with van der Waals surface area (Å²) in [6.45, 7) is 8.14. The molecule has 2 N–H and O–H groups in total. The molecule has 144 valence electrons. The minimum absolute atomic E-state index is 0.481. The van der Waals surface area contributed by atoms with Crippen LogP contribution in [0.3, 0.4) is 0 Å². The Morgan fingerprint density at radius 2 is 1.96 bits per heavy atom. The summed E-state index contributed by atoms with van der Waals surface area (Å²) in [6.07, 6.45) is 4.51. The number of nitrogens with zero attached hydrogens (tertiary/aromatic N) is 2. The molecular weight excluding hydrogens is 340 g/mol. The van der Waals surface area contributed by atoms with Crippen LogP contribution >= 0.6 is 0 Å². The predicted octanol–water partition coefficient (Wildman–Crippen LogP) is 3.30. The van der Waals surface area contributed by atoms with Gasteiger partial charge in [0.15, 0.2) is 5.96 Å². The first-order valence-corrected chi connectivity index (χ1v) is 9.10. The normalized spacial score (nSPS) is 11.0. The van der Waals surface area contributed by atoms with Crippen LogP contribution in [0.25, 0.3) is 0 Å². The summed E-state index contributed by atoms with van der Waals surface area (Å²) in [4.78, 5) is 8.57. The maximum atomic E-state index is 5.68. The Morgan fingerprint density at radius 1 is 1.15 bits per heavy atom. The lowest BCUT2D eigenvalue weighted by Gasteiger charge is -2.14. The van der Waals surface area contributed by atoms with Gasteiger partial charge in [-0.3, -0.25) is 4.99 Å². The Hall–Kier alpha value is -3.02. The lowest BCUT2D eigenvalue weighted by atomic mass is 10.2. The third-order valence-corrected chi connectivity index (χ3v) is 3.71. The van der Waals surface area contributed by atoms with E-state index in [2.05, 4.69) is 34.1 Å². The molecule has 0 amide bonds. The van der Waals surface area contributed by atoms with Gasteiger partial charge < -0.3 is 20.1 Å². The summed E-state index contributed by atoms with van der Waals surface area (Å²) in [6, 6.07) is 11.8. The zero-order valence-electron chi connectivity index (χ0n) is 16.1. The summed E-state index contributed by atoms with van der Waals surface area (Å²) in [5.41, 5.74) is 2.11. The smallest absolute Gasteiger partial charge is 0.213 e. The van der Waals surface area contributed by atoms with Crippen LogP contribution in [0, 0.1) is 0 Å². The van der Waals surface area contributed by atoms with Crippen molar-refractivity contribution in [3.63, 3.8) is 0 Å². The number of benzene rings is 1. The standard InChI is InChI=1S/C21H28N4O2/c1-4-12-26-19-9-7-6-8-18(19)16-25-21(22-3)24-15-17-10-11-20(23-14-17)27-13-5-2/h4,6-11,14H,1,5,12-13,15-16H2,2-3H3,(H2,22,24,25). The molecule has 2 aromatic rings. The number of ether oxygens (including phenoxy) is 2. The molecule has 1 heterocycles. The second kappa shape index (κ2) is 11.6. The van der Waals surface area contributed by atoms with Crippen LogP contribution in [0.1, 0.15) is 24.5 Å². The fraction of sp³-hybridized carbons (Fsp3) is 0.333. The number of hydrogen-bond acceptors (Lipinski definition) is 4. The molecule has 0 radical (unpaired) electrons. The first-order chi connectivity index (χ1) is 13.3. The van der Waals surface area contributed by atoms with Crippen LogP contribution in [0.5, 0.6) is 11.6 Å². The van der Waals surface area contributed by atoms with Crippen LogP contribution in [0.4, 0.5) is 0 Å². The number of hydrogen-bond donors (Lipinski definition) is 2. The van der Waals surface area contributed by atoms with E-state index in [1.54, 1.807) is 13.1 Å². The summed E-state index contributed by atoms with van der Waals surface area (Å²) >= 11 is 0. The topological polar surface area (TPSA) is 67.8 Å². The van der Waals surface area contributed by atoms with Crippen LogP contribution in [-0.4, -0.2) is 31.2 Å². The number of aromatic nitrogens is 1. The number of aliphatic imine (C=N–C) groups is 1. The zero-order valence-corrected chi connectivity index (χ0v) is 16.1. The van der Waals surface area contributed by atoms with Crippen molar-refractivity contribution in [1.29, 1.82) is 0 Å². The Bertz CT molecular complexity index is 729. The molecule has 0 fully saturated rings. The van der Waals surface area contributed by atoms with Crippen LogP contribution in [0.15, 0.2) is 60.2 Å². The van der Waals surface area contributed by atoms with E-state index in [9.17, 15) is 0 Å². The van der Waals surface area contributed by atoms with Gasteiger partial charge in [0.2, 0.25) is 5.88 Å². The third-order valence-electron chi connectivity index (χ3n) is 3.71. The summed E-state index contributed by atoms with van der Waals surface area (Å²) in [7, 11) is 1.75. The van der Waals surface area contributed by atoms with E-state index in [4.69, 9.17) is 9.47 Å². The van der Waals surface area contributed by atoms with Gasteiger partial charge >= 0.3 is 0 Å². The van der Waals surface area contributed by atoms with Gasteiger partial charge in [0.05, 0.1) is 6.61 Å². The number of rotatable bonds is 10. The molecule has 6 nitrogen and oxygen atoms in total. The van der Waals surface area contributed by atoms with Gasteiger partial charge in [-0.25, -0.2) is 4.98 Å². The minimum atomic E-state index is 0.481. The van der Waals surface area contributed by atoms with Gasteiger partial charge in [0.25, 0.3) is 0 Å². The van der Waals surface area contributed by atoms with E-state index in [1.165, 1.54) is 0 Å². The van der Waals surface area contributed by atoms with Crippen LogP contribution in [0.2, 0.25) is 0 Å². The fourth-order valence-corrected chi connectivity index (χ4v) is 2.33. The predicted molar refractivity (Wildman–Crippen MR) is 109 cm³/mol. The molecule has 0 aliphatic rings. The van der Waals surface area contributed by atoms with Crippen molar-refractivity contribution in [3.05, 3.63) is 66.4 Å². The Morgan fingerprint density at radius 3 is 2.67 bits per heavy atom. The third kappa shape index (κ3) is 7.01. The highest BCUT2D eigenvalue weighted by atomic mass is 16.5. The second-order valence-electron chi connectivity index (χ2n) is 5.84. The molecule has 1 aromatic carbocycles. The van der Waals surface area contributed by atoms with Crippen molar-refractivity contribution in [3.8, 4) is 11.6 Å². The molecule has 27 heavy (non-hydrogen) atoms. The van der Waals surface area contributed by atoms with E-state index in [1.807, 2.05) is 42.6 Å². The van der Waals surface area contributed by atoms with Crippen molar-refractivity contribution in [2.75, 3.05) is 20.3 Å². The van der Waals surface area contributed by atoms with Gasteiger partial charge in [-0.2, -0.15) is 0 Å². The van der Waals surface area contributed by atoms with Gasteiger partial charge in [-0.15, -0.1) is 0 Å². The molecule has 0 spiro atoms. The average Bonchev–Trinajstić information content (AvgIpc) is 2.72. The summed E-state index contributed by atoms with van der Waals surface area (Å²) in [5.74, 6) is 2.20. The molecule has 0 unspecified atom stereocenters. The second-order valence-corrected chi connectivity index (χ2v) is 5.84. The Labute approximate surface area is 161 Å². The zero-order chi connectivity index (χ0) is 19.3. The highest BCUT2D eigenvalue weighted by molar-refractivity contribution is 5.79. The van der Waals surface area contributed by atoms with Crippen molar-refractivity contribution in [1.82, 2.24) is 15.6 Å². The first-order valence-electron chi connectivity index (χ1n) is 9.10. The van der Waals surface area contributed by atoms with Crippen molar-refractivity contribution in [2.24, 2.45) is 4.99 Å². The van der Waals surface area contributed by atoms with Crippen LogP contribution in [-0.2, 0) is 13.1 Å². The highest BCUT2D eigenvalue weighted by Gasteiger charge is 2.05. The SMILES string of the molecule is C=CCOc1ccccc1CNC(=NC)NCc1ccc(OCCC)nc1. The maximum absolute atomic E-state index is 5.68. The molecular formula is C21H28N4O2. The largest absolute Gasteiger partial charge is 0.489 e. The molecule has 0 atom stereocenters. The number of pyridine rings is 1. The van der Waals surface area contributed by atoms with Gasteiger partial charge in [-0.05, 0) is 18.1 Å². The van der Waals surface area contributed by atoms with E-state index < -0.39 is 0 Å². The number of para-hydroxylation sites is 1. The Balaban J connectivity index is 1.85. The molecule has 0 saturated carbocycles. The van der Waals surface area contributed by atoms with E-state index in [-0.39, 0.29) is 0 Å². The lowest BCUT2D eigenvalue weighted by molar-refractivity contribution is 0.305. The summed E-state index contributed by atoms with van der Waals surface area (Å²) in [5, 5.41) is 6.58. The van der Waals surface area contributed by atoms with E-state index in [0.717, 1.165) is 23.3 Å². The lowest BCUT2D eigenvalue weighted by Crippen LogP contribution is -2.36. The van der Waals surface area contributed by atoms with Crippen LogP contribution < -0.4 is 20.1 Å². The molecule has 0 saturated heterocycles. The summed E-state index contributed by atoms with van der Waals surface area (Å²) < 4.78 is 11.2. The molecule has 0 bridgehead atoms. The minimum Gasteiger partial charge on any atom is -0.489 e. The van der Waals surface area contributed by atoms with Crippen molar-refractivity contribution < 1.29 is 9.47 Å². The number of nitrogens with one attached hydrogen (secondary N) is 2. The van der Waals surface area contributed by atoms with Gasteiger partial charge in [0.1, 0.15) is 12.4 Å².